The molecule has 5 nitrogen and oxygen atoms in total. The third-order valence-electron chi connectivity index (χ3n) is 2.38. The molecule has 16 heavy (non-hydrogen) atoms. The molecule has 0 amide bonds. The molecule has 0 aliphatic rings. The Morgan fingerprint density at radius 3 is 2.81 bits per heavy atom. The Morgan fingerprint density at radius 1 is 1.44 bits per heavy atom. The summed E-state index contributed by atoms with van der Waals surface area (Å²) >= 11 is 0. The number of rotatable bonds is 8. The van der Waals surface area contributed by atoms with Crippen LogP contribution in [0.5, 0.6) is 0 Å². The lowest BCUT2D eigenvalue weighted by Crippen LogP contribution is -2.30. The fraction of sp³-hybridized carbons (Fsp3) is 0.727. The van der Waals surface area contributed by atoms with Gasteiger partial charge in [0, 0.05) is 40.1 Å². The summed E-state index contributed by atoms with van der Waals surface area (Å²) < 4.78 is 12.2. The highest BCUT2D eigenvalue weighted by molar-refractivity contribution is 4.99. The van der Waals surface area contributed by atoms with Gasteiger partial charge in [-0.15, -0.1) is 0 Å². The zero-order valence-electron chi connectivity index (χ0n) is 10.3. The molecule has 0 unspecified atom stereocenters. The minimum Gasteiger partial charge on any atom is -0.355 e. The van der Waals surface area contributed by atoms with Gasteiger partial charge in [0.2, 0.25) is 0 Å². The van der Waals surface area contributed by atoms with Crippen LogP contribution in [0.15, 0.2) is 12.3 Å². The van der Waals surface area contributed by atoms with Crippen LogP contribution in [0.4, 0.5) is 0 Å². The molecule has 1 rings (SSSR count). The van der Waals surface area contributed by atoms with Crippen LogP contribution >= 0.6 is 0 Å². The average Bonchev–Trinajstić information content (AvgIpc) is 2.73. The summed E-state index contributed by atoms with van der Waals surface area (Å²) in [6.45, 7) is 4.56. The minimum atomic E-state index is -0.192. The summed E-state index contributed by atoms with van der Waals surface area (Å²) in [5.74, 6) is 0. The maximum atomic E-state index is 5.09. The van der Waals surface area contributed by atoms with Crippen molar-refractivity contribution >= 4 is 0 Å². The molecule has 0 saturated carbocycles. The number of ether oxygens (including phenoxy) is 2. The average molecular weight is 227 g/mol. The van der Waals surface area contributed by atoms with Crippen molar-refractivity contribution in [1.29, 1.82) is 0 Å². The predicted molar refractivity (Wildman–Crippen MR) is 62.0 cm³/mol. The largest absolute Gasteiger partial charge is 0.355 e. The molecule has 1 aromatic rings. The Morgan fingerprint density at radius 2 is 2.19 bits per heavy atom. The van der Waals surface area contributed by atoms with Gasteiger partial charge in [0.05, 0.1) is 5.69 Å². The summed E-state index contributed by atoms with van der Waals surface area (Å²) in [5.41, 5.74) is 1.19. The van der Waals surface area contributed by atoms with Gasteiger partial charge < -0.3 is 14.8 Å². The molecule has 5 heteroatoms. The van der Waals surface area contributed by atoms with Crippen molar-refractivity contribution in [3.63, 3.8) is 0 Å². The molecule has 0 saturated heterocycles. The van der Waals surface area contributed by atoms with Crippen molar-refractivity contribution in [2.75, 3.05) is 20.8 Å². The second-order valence-corrected chi connectivity index (χ2v) is 3.58. The van der Waals surface area contributed by atoms with Gasteiger partial charge >= 0.3 is 0 Å². The minimum absolute atomic E-state index is 0.192. The lowest BCUT2D eigenvalue weighted by atomic mass is 10.4. The molecule has 1 N–H and O–H groups in total. The molecule has 0 spiro atoms. The van der Waals surface area contributed by atoms with E-state index < -0.39 is 0 Å². The van der Waals surface area contributed by atoms with Gasteiger partial charge in [-0.2, -0.15) is 5.10 Å². The van der Waals surface area contributed by atoms with E-state index in [4.69, 9.17) is 9.47 Å². The van der Waals surface area contributed by atoms with E-state index >= 15 is 0 Å². The van der Waals surface area contributed by atoms with Crippen LogP contribution in [0.1, 0.15) is 19.0 Å². The van der Waals surface area contributed by atoms with Gasteiger partial charge in [0.1, 0.15) is 0 Å². The Kier molecular flexibility index (Phi) is 6.07. The van der Waals surface area contributed by atoms with Crippen LogP contribution in [-0.4, -0.2) is 36.8 Å². The predicted octanol–water partition coefficient (Wildman–Crippen LogP) is 1.00. The summed E-state index contributed by atoms with van der Waals surface area (Å²) in [5, 5.41) is 7.54. The first-order valence-corrected chi connectivity index (χ1v) is 5.58. The zero-order chi connectivity index (χ0) is 11.8. The number of nitrogens with one attached hydrogen (secondary N) is 1. The van der Waals surface area contributed by atoms with E-state index in [1.807, 2.05) is 16.9 Å². The Balaban J connectivity index is 2.33. The van der Waals surface area contributed by atoms with E-state index in [0.717, 1.165) is 19.5 Å². The number of aryl methyl sites for hydroxylation is 1. The second kappa shape index (κ2) is 7.38. The van der Waals surface area contributed by atoms with Crippen molar-refractivity contribution in [1.82, 2.24) is 15.1 Å². The number of aromatic nitrogens is 2. The zero-order valence-corrected chi connectivity index (χ0v) is 10.3. The third kappa shape index (κ3) is 3.92. The maximum absolute atomic E-state index is 5.09. The summed E-state index contributed by atoms with van der Waals surface area (Å²) in [6.07, 6.45) is 2.73. The van der Waals surface area contributed by atoms with Crippen LogP contribution < -0.4 is 5.32 Å². The molecule has 92 valence electrons. The van der Waals surface area contributed by atoms with Crippen LogP contribution in [0.2, 0.25) is 0 Å². The van der Waals surface area contributed by atoms with Gasteiger partial charge in [-0.3, -0.25) is 4.68 Å². The van der Waals surface area contributed by atoms with Gasteiger partial charge in [0.15, 0.2) is 6.29 Å². The topological polar surface area (TPSA) is 48.3 Å². The van der Waals surface area contributed by atoms with Crippen molar-refractivity contribution in [3.8, 4) is 0 Å². The molecule has 0 radical (unpaired) electrons. The van der Waals surface area contributed by atoms with Crippen molar-refractivity contribution in [2.24, 2.45) is 0 Å². The molecular formula is C11H21N3O2. The maximum Gasteiger partial charge on any atom is 0.169 e. The lowest BCUT2D eigenvalue weighted by Gasteiger charge is -2.14. The highest BCUT2D eigenvalue weighted by Crippen LogP contribution is 2.00. The van der Waals surface area contributed by atoms with Gasteiger partial charge in [-0.1, -0.05) is 6.92 Å². The molecule has 0 aliphatic heterocycles. The standard InChI is InChI=1S/C11H21N3O2/c1-4-7-14-10(5-6-13-14)8-12-9-11(15-2)16-3/h5-6,11-12H,4,7-9H2,1-3H3. The van der Waals surface area contributed by atoms with Crippen LogP contribution in [-0.2, 0) is 22.6 Å². The third-order valence-corrected chi connectivity index (χ3v) is 2.38. The first-order chi connectivity index (χ1) is 7.81. The molecule has 1 aromatic heterocycles. The Labute approximate surface area is 96.7 Å². The van der Waals surface area contributed by atoms with Gasteiger partial charge in [0.25, 0.3) is 0 Å². The molecule has 0 atom stereocenters. The monoisotopic (exact) mass is 227 g/mol. The van der Waals surface area contributed by atoms with Crippen molar-refractivity contribution < 1.29 is 9.47 Å². The second-order valence-electron chi connectivity index (χ2n) is 3.58. The molecular weight excluding hydrogens is 206 g/mol. The first kappa shape index (κ1) is 13.2. The molecule has 1 heterocycles. The summed E-state index contributed by atoms with van der Waals surface area (Å²) in [4.78, 5) is 0. The van der Waals surface area contributed by atoms with E-state index in [-0.39, 0.29) is 6.29 Å². The molecule has 0 fully saturated rings. The van der Waals surface area contributed by atoms with E-state index in [1.54, 1.807) is 14.2 Å². The highest BCUT2D eigenvalue weighted by Gasteiger charge is 2.05. The van der Waals surface area contributed by atoms with E-state index in [9.17, 15) is 0 Å². The van der Waals surface area contributed by atoms with Crippen molar-refractivity contribution in [3.05, 3.63) is 18.0 Å². The first-order valence-electron chi connectivity index (χ1n) is 5.58. The summed E-state index contributed by atoms with van der Waals surface area (Å²) in [7, 11) is 3.27. The number of hydrogen-bond donors (Lipinski definition) is 1. The molecule has 0 bridgehead atoms. The highest BCUT2D eigenvalue weighted by atomic mass is 16.7. The Hall–Kier alpha value is -0.910. The van der Waals surface area contributed by atoms with Crippen LogP contribution in [0, 0.1) is 0 Å². The molecule has 0 aliphatic carbocycles. The Bertz CT molecular complexity index is 285. The van der Waals surface area contributed by atoms with E-state index in [0.29, 0.717) is 6.54 Å². The van der Waals surface area contributed by atoms with E-state index in [1.165, 1.54) is 5.69 Å². The SMILES string of the molecule is CCCn1nccc1CNCC(OC)OC. The van der Waals surface area contributed by atoms with Gasteiger partial charge in [-0.25, -0.2) is 0 Å². The number of methoxy groups -OCH3 is 2. The fourth-order valence-electron chi connectivity index (χ4n) is 1.50. The van der Waals surface area contributed by atoms with Crippen molar-refractivity contribution in [2.45, 2.75) is 32.7 Å². The quantitative estimate of drug-likeness (QED) is 0.673. The van der Waals surface area contributed by atoms with Crippen LogP contribution in [0.3, 0.4) is 0 Å². The smallest absolute Gasteiger partial charge is 0.169 e. The fourth-order valence-corrected chi connectivity index (χ4v) is 1.50. The summed E-state index contributed by atoms with van der Waals surface area (Å²) in [6, 6.07) is 2.03. The van der Waals surface area contributed by atoms with E-state index in [2.05, 4.69) is 17.3 Å². The number of nitrogens with zero attached hydrogens (tertiary/aromatic N) is 2. The normalized spacial score (nSPS) is 11.2. The lowest BCUT2D eigenvalue weighted by molar-refractivity contribution is -0.0989. The number of hydrogen-bond acceptors (Lipinski definition) is 4. The molecule has 0 aromatic carbocycles. The van der Waals surface area contributed by atoms with Gasteiger partial charge in [-0.05, 0) is 12.5 Å². The van der Waals surface area contributed by atoms with Crippen LogP contribution in [0.25, 0.3) is 0 Å².